The summed E-state index contributed by atoms with van der Waals surface area (Å²) < 4.78 is 6.75. The molecule has 0 unspecified atom stereocenters. The number of nitrogens with zero attached hydrogens (tertiary/aromatic N) is 3. The van der Waals surface area contributed by atoms with E-state index in [9.17, 15) is 0 Å². The third-order valence-corrected chi connectivity index (χ3v) is 10.1. The first kappa shape index (κ1) is 27.0. The molecule has 10 rings (SSSR count). The Bertz CT molecular complexity index is 2760. The van der Waals surface area contributed by atoms with E-state index >= 15 is 0 Å². The lowest BCUT2D eigenvalue weighted by molar-refractivity contribution is 0.659. The molecule has 0 saturated heterocycles. The van der Waals surface area contributed by atoms with Crippen LogP contribution in [0.1, 0.15) is 25.0 Å². The maximum Gasteiger partial charge on any atom is 0.164 e. The van der Waals surface area contributed by atoms with Gasteiger partial charge in [-0.25, -0.2) is 15.0 Å². The number of rotatable bonds is 3. The molecule has 0 aliphatic heterocycles. The van der Waals surface area contributed by atoms with E-state index in [4.69, 9.17) is 19.4 Å². The highest BCUT2D eigenvalue weighted by Gasteiger charge is 2.39. The van der Waals surface area contributed by atoms with Crippen molar-refractivity contribution in [3.8, 4) is 45.3 Å². The highest BCUT2D eigenvalue weighted by molar-refractivity contribution is 6.23. The molecule has 0 radical (unpaired) electrons. The SMILES string of the molecule is CC1(C)c2ccccc2-c2c1c1c3cc(-c4nc(-c5ccccc5)nc(-c5ccc6ccccc6c5)n4)ccc3oc1c1ccccc21. The third kappa shape index (κ3) is 3.86. The van der Waals surface area contributed by atoms with Gasteiger partial charge in [-0.05, 0) is 62.7 Å². The van der Waals surface area contributed by atoms with Crippen LogP contribution in [0.15, 0.2) is 144 Å². The molecule has 4 nitrogen and oxygen atoms in total. The maximum absolute atomic E-state index is 6.75. The number of fused-ring (bicyclic) bond motifs is 11. The summed E-state index contributed by atoms with van der Waals surface area (Å²) in [6, 6.07) is 48.7. The first-order chi connectivity index (χ1) is 23.5. The van der Waals surface area contributed by atoms with Gasteiger partial charge < -0.3 is 4.42 Å². The molecule has 1 aliphatic carbocycles. The first-order valence-electron chi connectivity index (χ1n) is 16.4. The molecular weight excluding hydrogens is 587 g/mol. The van der Waals surface area contributed by atoms with Crippen molar-refractivity contribution in [3.63, 3.8) is 0 Å². The van der Waals surface area contributed by atoms with Gasteiger partial charge >= 0.3 is 0 Å². The Labute approximate surface area is 277 Å². The van der Waals surface area contributed by atoms with Gasteiger partial charge in [0.1, 0.15) is 11.2 Å². The predicted octanol–water partition coefficient (Wildman–Crippen LogP) is 11.4. The van der Waals surface area contributed by atoms with Crippen LogP contribution < -0.4 is 0 Å². The van der Waals surface area contributed by atoms with Crippen LogP contribution in [0.25, 0.3) is 88.8 Å². The summed E-state index contributed by atoms with van der Waals surface area (Å²) in [7, 11) is 0. The van der Waals surface area contributed by atoms with Gasteiger partial charge in [-0.1, -0.05) is 129 Å². The lowest BCUT2D eigenvalue weighted by atomic mass is 9.79. The Morgan fingerprint density at radius 2 is 1.12 bits per heavy atom. The summed E-state index contributed by atoms with van der Waals surface area (Å²) in [4.78, 5) is 15.2. The molecule has 2 aromatic heterocycles. The second-order valence-electron chi connectivity index (χ2n) is 13.2. The summed E-state index contributed by atoms with van der Waals surface area (Å²) in [6.07, 6.45) is 0. The third-order valence-electron chi connectivity index (χ3n) is 10.1. The molecule has 0 amide bonds. The van der Waals surface area contributed by atoms with E-state index in [-0.39, 0.29) is 5.41 Å². The molecule has 1 aliphatic rings. The van der Waals surface area contributed by atoms with Crippen molar-refractivity contribution in [2.75, 3.05) is 0 Å². The fourth-order valence-corrected chi connectivity index (χ4v) is 7.80. The molecule has 226 valence electrons. The van der Waals surface area contributed by atoms with Crippen LogP contribution in [0, 0.1) is 0 Å². The highest BCUT2D eigenvalue weighted by atomic mass is 16.3. The zero-order valence-electron chi connectivity index (χ0n) is 26.5. The van der Waals surface area contributed by atoms with E-state index in [2.05, 4.69) is 123 Å². The van der Waals surface area contributed by atoms with Gasteiger partial charge in [0.15, 0.2) is 17.5 Å². The molecule has 0 N–H and O–H groups in total. The molecule has 9 aromatic rings. The first-order valence-corrected chi connectivity index (χ1v) is 16.4. The number of benzene rings is 7. The Hall–Kier alpha value is -6.13. The lowest BCUT2D eigenvalue weighted by Gasteiger charge is -2.22. The van der Waals surface area contributed by atoms with Gasteiger partial charge in [-0.15, -0.1) is 0 Å². The molecule has 0 atom stereocenters. The summed E-state index contributed by atoms with van der Waals surface area (Å²) in [5.41, 5.74) is 9.64. The van der Waals surface area contributed by atoms with E-state index in [1.807, 2.05) is 30.3 Å². The van der Waals surface area contributed by atoms with Crippen molar-refractivity contribution in [2.24, 2.45) is 0 Å². The minimum absolute atomic E-state index is 0.210. The largest absolute Gasteiger partial charge is 0.455 e. The fourth-order valence-electron chi connectivity index (χ4n) is 7.80. The fraction of sp³-hybridized carbons (Fsp3) is 0.0682. The number of aromatic nitrogens is 3. The van der Waals surface area contributed by atoms with E-state index in [1.54, 1.807) is 0 Å². The molecule has 0 bridgehead atoms. The van der Waals surface area contributed by atoms with Crippen LogP contribution in [0.3, 0.4) is 0 Å². The zero-order chi connectivity index (χ0) is 32.0. The summed E-state index contributed by atoms with van der Waals surface area (Å²) >= 11 is 0. The van der Waals surface area contributed by atoms with Crippen LogP contribution in [0.4, 0.5) is 0 Å². The molecular formula is C44H29N3O. The molecule has 2 heterocycles. The smallest absolute Gasteiger partial charge is 0.164 e. The zero-order valence-corrected chi connectivity index (χ0v) is 26.5. The van der Waals surface area contributed by atoms with Gasteiger partial charge in [-0.2, -0.15) is 0 Å². The van der Waals surface area contributed by atoms with Gasteiger partial charge in [0.25, 0.3) is 0 Å². The Morgan fingerprint density at radius 3 is 1.94 bits per heavy atom. The lowest BCUT2D eigenvalue weighted by Crippen LogP contribution is -2.15. The quantitative estimate of drug-likeness (QED) is 0.198. The van der Waals surface area contributed by atoms with Gasteiger partial charge in [0, 0.05) is 38.3 Å². The summed E-state index contributed by atoms with van der Waals surface area (Å²) in [5, 5.41) is 6.91. The summed E-state index contributed by atoms with van der Waals surface area (Å²) in [6.45, 7) is 4.67. The van der Waals surface area contributed by atoms with Crippen LogP contribution in [-0.4, -0.2) is 15.0 Å². The van der Waals surface area contributed by atoms with Gasteiger partial charge in [0.05, 0.1) is 0 Å². The van der Waals surface area contributed by atoms with Crippen molar-refractivity contribution < 1.29 is 4.42 Å². The average molecular weight is 616 g/mol. The maximum atomic E-state index is 6.75. The topological polar surface area (TPSA) is 51.8 Å². The highest BCUT2D eigenvalue weighted by Crippen LogP contribution is 2.56. The number of hydrogen-bond donors (Lipinski definition) is 0. The van der Waals surface area contributed by atoms with Gasteiger partial charge in [0.2, 0.25) is 0 Å². The van der Waals surface area contributed by atoms with E-state index in [1.165, 1.54) is 33.0 Å². The predicted molar refractivity (Wildman–Crippen MR) is 196 cm³/mol. The van der Waals surface area contributed by atoms with Crippen LogP contribution in [0.5, 0.6) is 0 Å². The van der Waals surface area contributed by atoms with E-state index in [0.29, 0.717) is 17.5 Å². The normalized spacial score (nSPS) is 13.4. The molecule has 0 saturated carbocycles. The molecule has 4 heteroatoms. The van der Waals surface area contributed by atoms with E-state index < -0.39 is 0 Å². The van der Waals surface area contributed by atoms with Crippen LogP contribution in [-0.2, 0) is 5.41 Å². The Balaban J connectivity index is 1.25. The number of hydrogen-bond acceptors (Lipinski definition) is 4. The molecule has 0 fully saturated rings. The molecule has 0 spiro atoms. The Kier molecular flexibility index (Phi) is 5.59. The van der Waals surface area contributed by atoms with E-state index in [0.717, 1.165) is 49.4 Å². The average Bonchev–Trinajstić information content (AvgIpc) is 3.63. The van der Waals surface area contributed by atoms with Crippen molar-refractivity contribution in [2.45, 2.75) is 19.3 Å². The van der Waals surface area contributed by atoms with Crippen molar-refractivity contribution >= 4 is 43.5 Å². The minimum atomic E-state index is -0.210. The van der Waals surface area contributed by atoms with Crippen LogP contribution >= 0.6 is 0 Å². The summed E-state index contributed by atoms with van der Waals surface area (Å²) in [5.74, 6) is 1.91. The van der Waals surface area contributed by atoms with Crippen molar-refractivity contribution in [1.82, 2.24) is 15.0 Å². The van der Waals surface area contributed by atoms with Crippen molar-refractivity contribution in [3.05, 3.63) is 151 Å². The Morgan fingerprint density at radius 1 is 0.500 bits per heavy atom. The standard InChI is InChI=1S/C44H29N3O/c1-44(2)35-19-11-10-18-33(35)37-31-16-8-9-17-32(31)40-38(39(37)44)34-25-30(22-23-36(34)48-40)43-46-41(27-13-4-3-5-14-27)45-42(47-43)29-21-20-26-12-6-7-15-28(26)24-29/h3-25H,1-2H3. The number of furan rings is 1. The second-order valence-corrected chi connectivity index (χ2v) is 13.2. The second kappa shape index (κ2) is 9.93. The van der Waals surface area contributed by atoms with Gasteiger partial charge in [-0.3, -0.25) is 0 Å². The molecule has 7 aromatic carbocycles. The molecule has 48 heavy (non-hydrogen) atoms. The minimum Gasteiger partial charge on any atom is -0.455 e. The van der Waals surface area contributed by atoms with Crippen LogP contribution in [0.2, 0.25) is 0 Å². The van der Waals surface area contributed by atoms with Crippen molar-refractivity contribution in [1.29, 1.82) is 0 Å². The monoisotopic (exact) mass is 615 g/mol.